The first kappa shape index (κ1) is 25.4. The van der Waals surface area contributed by atoms with E-state index in [1.807, 2.05) is 18.2 Å². The molecule has 1 aromatic rings. The average molecular weight is 498 g/mol. The number of hydrogen-bond donors (Lipinski definition) is 2. The number of benzene rings is 1. The lowest BCUT2D eigenvalue weighted by Crippen LogP contribution is -2.43. The van der Waals surface area contributed by atoms with E-state index in [4.69, 9.17) is 21.1 Å². The van der Waals surface area contributed by atoms with Crippen LogP contribution in [-0.2, 0) is 15.9 Å². The van der Waals surface area contributed by atoms with Gasteiger partial charge in [-0.1, -0.05) is 37.6 Å². The number of nitrogens with one attached hydrogen (secondary N) is 2. The summed E-state index contributed by atoms with van der Waals surface area (Å²) in [6.45, 7) is 8.10. The van der Waals surface area contributed by atoms with Gasteiger partial charge in [-0.15, -0.1) is 24.0 Å². The molecular formula is C19H33ClIN3O2. The van der Waals surface area contributed by atoms with E-state index in [1.54, 1.807) is 14.2 Å². The highest BCUT2D eigenvalue weighted by molar-refractivity contribution is 14.0. The Labute approximate surface area is 180 Å². The van der Waals surface area contributed by atoms with Crippen molar-refractivity contribution >= 4 is 41.5 Å². The molecule has 2 N–H and O–H groups in total. The van der Waals surface area contributed by atoms with E-state index in [0.29, 0.717) is 19.8 Å². The van der Waals surface area contributed by atoms with Crippen molar-refractivity contribution in [2.45, 2.75) is 26.7 Å². The lowest BCUT2D eigenvalue weighted by Gasteiger charge is -2.26. The Morgan fingerprint density at radius 2 is 1.96 bits per heavy atom. The van der Waals surface area contributed by atoms with Gasteiger partial charge in [-0.25, -0.2) is 0 Å². The molecule has 0 amide bonds. The SMILES string of the molecule is CN=C(NCCCOCCOC)NCC(C)(C)Cc1cccc(Cl)c1.I. The second-order valence-corrected chi connectivity index (χ2v) is 7.22. The Balaban J connectivity index is 0.00000625. The molecule has 0 bridgehead atoms. The van der Waals surface area contributed by atoms with Crippen molar-refractivity contribution in [1.29, 1.82) is 0 Å². The number of methoxy groups -OCH3 is 1. The molecule has 1 rings (SSSR count). The predicted molar refractivity (Wildman–Crippen MR) is 121 cm³/mol. The molecule has 0 spiro atoms. The molecule has 0 unspecified atom stereocenters. The van der Waals surface area contributed by atoms with Crippen LogP contribution >= 0.6 is 35.6 Å². The van der Waals surface area contributed by atoms with Gasteiger partial charge in [0.15, 0.2) is 5.96 Å². The van der Waals surface area contributed by atoms with Crippen LogP contribution in [0.1, 0.15) is 25.8 Å². The summed E-state index contributed by atoms with van der Waals surface area (Å²) < 4.78 is 10.4. The van der Waals surface area contributed by atoms with E-state index in [0.717, 1.165) is 36.9 Å². The Morgan fingerprint density at radius 1 is 1.19 bits per heavy atom. The van der Waals surface area contributed by atoms with E-state index in [1.165, 1.54) is 5.56 Å². The quantitative estimate of drug-likeness (QED) is 0.212. The van der Waals surface area contributed by atoms with Crippen LogP contribution in [-0.4, -0.2) is 53.0 Å². The highest BCUT2D eigenvalue weighted by Gasteiger charge is 2.19. The molecule has 0 aliphatic carbocycles. The van der Waals surface area contributed by atoms with Crippen molar-refractivity contribution in [1.82, 2.24) is 10.6 Å². The van der Waals surface area contributed by atoms with Gasteiger partial charge in [0.05, 0.1) is 13.2 Å². The summed E-state index contributed by atoms with van der Waals surface area (Å²) in [5.74, 6) is 0.816. The van der Waals surface area contributed by atoms with Gasteiger partial charge < -0.3 is 20.1 Å². The maximum atomic E-state index is 6.07. The first-order valence-corrected chi connectivity index (χ1v) is 9.10. The average Bonchev–Trinajstić information content (AvgIpc) is 2.56. The van der Waals surface area contributed by atoms with E-state index in [2.05, 4.69) is 35.5 Å². The summed E-state index contributed by atoms with van der Waals surface area (Å²) in [7, 11) is 3.46. The third-order valence-corrected chi connectivity index (χ3v) is 3.95. The Bertz CT molecular complexity index is 527. The van der Waals surface area contributed by atoms with Crippen molar-refractivity contribution in [3.63, 3.8) is 0 Å². The minimum atomic E-state index is 0. The fraction of sp³-hybridized carbons (Fsp3) is 0.632. The van der Waals surface area contributed by atoms with Crippen molar-refractivity contribution in [3.8, 4) is 0 Å². The molecule has 0 saturated heterocycles. The van der Waals surface area contributed by atoms with Crippen LogP contribution in [0.25, 0.3) is 0 Å². The van der Waals surface area contributed by atoms with Gasteiger partial charge in [-0.3, -0.25) is 4.99 Å². The van der Waals surface area contributed by atoms with Gasteiger partial charge in [0.1, 0.15) is 0 Å². The van der Waals surface area contributed by atoms with Gasteiger partial charge in [0, 0.05) is 38.9 Å². The molecule has 0 aromatic heterocycles. The van der Waals surface area contributed by atoms with Crippen molar-refractivity contribution < 1.29 is 9.47 Å². The second kappa shape index (κ2) is 14.5. The van der Waals surface area contributed by atoms with Crippen LogP contribution in [0.3, 0.4) is 0 Å². The Morgan fingerprint density at radius 3 is 2.62 bits per heavy atom. The minimum absolute atomic E-state index is 0. The molecular weight excluding hydrogens is 465 g/mol. The zero-order chi connectivity index (χ0) is 18.5. The van der Waals surface area contributed by atoms with E-state index in [-0.39, 0.29) is 29.4 Å². The Hall–Kier alpha value is -0.570. The third kappa shape index (κ3) is 11.9. The van der Waals surface area contributed by atoms with Crippen LogP contribution in [0.4, 0.5) is 0 Å². The predicted octanol–water partition coefficient (Wildman–Crippen LogP) is 3.74. The molecule has 1 aromatic carbocycles. The standard InChI is InChI=1S/C19H32ClN3O2.HI/c1-19(2,14-16-7-5-8-17(20)13-16)15-23-18(21-3)22-9-6-10-25-12-11-24-4;/h5,7-8,13H,6,9-12,14-15H2,1-4H3,(H2,21,22,23);1H. The third-order valence-electron chi connectivity index (χ3n) is 3.72. The van der Waals surface area contributed by atoms with Gasteiger partial charge in [0.25, 0.3) is 0 Å². The van der Waals surface area contributed by atoms with Gasteiger partial charge >= 0.3 is 0 Å². The number of guanidine groups is 1. The first-order chi connectivity index (χ1) is 12.0. The van der Waals surface area contributed by atoms with E-state index < -0.39 is 0 Å². The van der Waals surface area contributed by atoms with Crippen LogP contribution in [0.15, 0.2) is 29.3 Å². The summed E-state index contributed by atoms with van der Waals surface area (Å²) in [5, 5.41) is 7.50. The zero-order valence-electron chi connectivity index (χ0n) is 16.3. The molecule has 0 saturated carbocycles. The number of ether oxygens (including phenoxy) is 2. The molecule has 7 heteroatoms. The summed E-state index contributed by atoms with van der Waals surface area (Å²) in [6.07, 6.45) is 1.88. The first-order valence-electron chi connectivity index (χ1n) is 8.72. The van der Waals surface area contributed by atoms with Crippen LogP contribution in [0.5, 0.6) is 0 Å². The normalized spacial score (nSPS) is 11.8. The topological polar surface area (TPSA) is 54.9 Å². The molecule has 26 heavy (non-hydrogen) atoms. The lowest BCUT2D eigenvalue weighted by atomic mass is 9.86. The van der Waals surface area contributed by atoms with Crippen molar-refractivity contribution in [2.75, 3.05) is 47.1 Å². The smallest absolute Gasteiger partial charge is 0.190 e. The maximum absolute atomic E-state index is 6.07. The largest absolute Gasteiger partial charge is 0.382 e. The molecule has 5 nitrogen and oxygen atoms in total. The summed E-state index contributed by atoms with van der Waals surface area (Å²) in [5.41, 5.74) is 1.33. The number of halogens is 2. The van der Waals surface area contributed by atoms with Crippen LogP contribution < -0.4 is 10.6 Å². The molecule has 0 heterocycles. The van der Waals surface area contributed by atoms with E-state index >= 15 is 0 Å². The van der Waals surface area contributed by atoms with Gasteiger partial charge in [-0.2, -0.15) is 0 Å². The van der Waals surface area contributed by atoms with E-state index in [9.17, 15) is 0 Å². The fourth-order valence-electron chi connectivity index (χ4n) is 2.43. The van der Waals surface area contributed by atoms with Gasteiger partial charge in [-0.05, 0) is 36.0 Å². The Kier molecular flexibility index (Phi) is 14.2. The summed E-state index contributed by atoms with van der Waals surface area (Å²) in [6, 6.07) is 8.04. The monoisotopic (exact) mass is 497 g/mol. The maximum Gasteiger partial charge on any atom is 0.190 e. The fourth-order valence-corrected chi connectivity index (χ4v) is 2.64. The van der Waals surface area contributed by atoms with Crippen LogP contribution in [0, 0.1) is 5.41 Å². The van der Waals surface area contributed by atoms with Crippen molar-refractivity contribution in [3.05, 3.63) is 34.9 Å². The number of rotatable bonds is 11. The molecule has 0 radical (unpaired) electrons. The molecule has 0 atom stereocenters. The highest BCUT2D eigenvalue weighted by Crippen LogP contribution is 2.22. The number of nitrogens with zero attached hydrogens (tertiary/aromatic N) is 1. The lowest BCUT2D eigenvalue weighted by molar-refractivity contribution is 0.0698. The van der Waals surface area contributed by atoms with Gasteiger partial charge in [0.2, 0.25) is 0 Å². The summed E-state index contributed by atoms with van der Waals surface area (Å²) >= 11 is 6.07. The van der Waals surface area contributed by atoms with Crippen LogP contribution in [0.2, 0.25) is 5.02 Å². The van der Waals surface area contributed by atoms with Crippen molar-refractivity contribution in [2.24, 2.45) is 10.4 Å². The number of hydrogen-bond acceptors (Lipinski definition) is 3. The summed E-state index contributed by atoms with van der Waals surface area (Å²) in [4.78, 5) is 4.27. The molecule has 150 valence electrons. The second-order valence-electron chi connectivity index (χ2n) is 6.78. The highest BCUT2D eigenvalue weighted by atomic mass is 127. The molecule has 0 aliphatic heterocycles. The zero-order valence-corrected chi connectivity index (χ0v) is 19.4. The number of aliphatic imine (C=N–C) groups is 1. The minimum Gasteiger partial charge on any atom is -0.382 e. The molecule has 0 aliphatic rings. The molecule has 0 fully saturated rings.